The molecule has 2 aromatic rings. The lowest BCUT2D eigenvalue weighted by Crippen LogP contribution is -2.43. The minimum atomic E-state index is -4.98. The van der Waals surface area contributed by atoms with Gasteiger partial charge < -0.3 is 19.9 Å². The summed E-state index contributed by atoms with van der Waals surface area (Å²) in [7, 11) is 0. The van der Waals surface area contributed by atoms with Crippen LogP contribution < -0.4 is 14.8 Å². The summed E-state index contributed by atoms with van der Waals surface area (Å²) in [6, 6.07) is 4.35. The number of amides is 1. The second-order valence-corrected chi connectivity index (χ2v) is 9.60. The van der Waals surface area contributed by atoms with Crippen molar-refractivity contribution in [1.82, 2.24) is 15.3 Å². The van der Waals surface area contributed by atoms with Crippen LogP contribution in [-0.4, -0.2) is 39.9 Å². The number of alkyl halides is 3. The Morgan fingerprint density at radius 3 is 2.44 bits per heavy atom. The Kier molecular flexibility index (Phi) is 6.85. The predicted octanol–water partition coefficient (Wildman–Crippen LogP) is 5.51. The topological polar surface area (TPSA) is 93.6 Å². The summed E-state index contributed by atoms with van der Waals surface area (Å²) in [5.41, 5.74) is -2.50. The molecule has 0 saturated heterocycles. The molecule has 1 aromatic carbocycles. The first kappa shape index (κ1) is 24.8. The van der Waals surface area contributed by atoms with E-state index >= 15 is 0 Å². The highest BCUT2D eigenvalue weighted by Crippen LogP contribution is 2.41. The fraction of sp³-hybridized carbons (Fsp3) is 0.500. The Hall–Kier alpha value is -2.30. The Morgan fingerprint density at radius 1 is 1.15 bits per heavy atom. The molecule has 2 saturated carbocycles. The van der Waals surface area contributed by atoms with E-state index in [-0.39, 0.29) is 52.2 Å². The van der Waals surface area contributed by atoms with E-state index in [9.17, 15) is 23.1 Å². The van der Waals surface area contributed by atoms with Gasteiger partial charge in [0.2, 0.25) is 11.6 Å². The number of benzene rings is 1. The first-order valence-corrected chi connectivity index (χ1v) is 11.4. The molecule has 1 heterocycles. The van der Waals surface area contributed by atoms with Crippen molar-refractivity contribution in [3.8, 4) is 23.0 Å². The highest BCUT2D eigenvalue weighted by Gasteiger charge is 2.42. The Bertz CT molecular complexity index is 1090. The van der Waals surface area contributed by atoms with E-state index in [1.165, 1.54) is 18.2 Å². The minimum Gasteiger partial charge on any atom is -0.476 e. The third kappa shape index (κ3) is 6.03. The third-order valence-corrected chi connectivity index (χ3v) is 6.42. The lowest BCUT2D eigenvalue weighted by Gasteiger charge is -2.23. The normalized spacial score (nSPS) is 17.7. The lowest BCUT2D eigenvalue weighted by atomic mass is 10.0. The van der Waals surface area contributed by atoms with Gasteiger partial charge in [-0.25, -0.2) is 14.8 Å². The predicted molar refractivity (Wildman–Crippen MR) is 118 cm³/mol. The molecule has 12 heteroatoms. The summed E-state index contributed by atoms with van der Waals surface area (Å²) in [5.74, 6) is -1.15. The summed E-state index contributed by atoms with van der Waals surface area (Å²) in [5, 5.41) is 13.0. The van der Waals surface area contributed by atoms with Crippen molar-refractivity contribution in [2.75, 3.05) is 13.2 Å². The molecular weight excluding hydrogens is 498 g/mol. The summed E-state index contributed by atoms with van der Waals surface area (Å²) in [6.45, 7) is 1.53. The number of nitrogens with one attached hydrogen (secondary N) is 1. The van der Waals surface area contributed by atoms with Gasteiger partial charge in [-0.2, -0.15) is 13.2 Å². The highest BCUT2D eigenvalue weighted by atomic mass is 35.5. The molecule has 2 N–H and O–H groups in total. The Balaban J connectivity index is 1.66. The molecule has 184 valence electrons. The molecule has 1 unspecified atom stereocenters. The molecule has 34 heavy (non-hydrogen) atoms. The van der Waals surface area contributed by atoms with Crippen LogP contribution in [0.25, 0.3) is 11.3 Å². The smallest absolute Gasteiger partial charge is 0.438 e. The lowest BCUT2D eigenvalue weighted by molar-refractivity contribution is -0.142. The number of nitrogens with zero attached hydrogens (tertiary/aromatic N) is 2. The van der Waals surface area contributed by atoms with Crippen molar-refractivity contribution < 1.29 is 32.5 Å². The van der Waals surface area contributed by atoms with Crippen LogP contribution in [0, 0.1) is 11.8 Å². The molecule has 7 nitrogen and oxygen atoms in total. The average Bonchev–Trinajstić information content (AvgIpc) is 3.65. The van der Waals surface area contributed by atoms with E-state index in [0.717, 1.165) is 25.7 Å². The van der Waals surface area contributed by atoms with Crippen molar-refractivity contribution >= 4 is 29.3 Å². The second-order valence-electron chi connectivity index (χ2n) is 8.79. The van der Waals surface area contributed by atoms with Gasteiger partial charge in [-0.05, 0) is 56.6 Å². The van der Waals surface area contributed by atoms with E-state index in [1.54, 1.807) is 6.92 Å². The largest absolute Gasteiger partial charge is 0.476 e. The maximum absolute atomic E-state index is 13.8. The number of carbonyl (C=O) groups is 1. The fourth-order valence-corrected chi connectivity index (χ4v) is 3.60. The van der Waals surface area contributed by atoms with Gasteiger partial charge in [-0.3, -0.25) is 0 Å². The van der Waals surface area contributed by atoms with Gasteiger partial charge in [0.25, 0.3) is 5.88 Å². The molecular formula is C22H22Cl2F3N3O4. The fourth-order valence-electron chi connectivity index (χ4n) is 3.30. The molecule has 1 aromatic heterocycles. The highest BCUT2D eigenvalue weighted by molar-refractivity contribution is 6.42. The first-order chi connectivity index (χ1) is 15.9. The minimum absolute atomic E-state index is 0.0162. The molecule has 0 bridgehead atoms. The van der Waals surface area contributed by atoms with Crippen LogP contribution in [0.1, 0.15) is 38.3 Å². The molecule has 2 aliphatic rings. The van der Waals surface area contributed by atoms with Gasteiger partial charge in [0, 0.05) is 12.1 Å². The van der Waals surface area contributed by atoms with Gasteiger partial charge >= 0.3 is 12.3 Å². The summed E-state index contributed by atoms with van der Waals surface area (Å²) < 4.78 is 51.8. The van der Waals surface area contributed by atoms with Gasteiger partial charge in [0.15, 0.2) is 0 Å². The van der Waals surface area contributed by atoms with Crippen LogP contribution in [0.15, 0.2) is 18.2 Å². The number of hydrogen-bond donors (Lipinski definition) is 2. The number of ether oxygens (including phenoxy) is 2. The van der Waals surface area contributed by atoms with Crippen molar-refractivity contribution in [1.29, 1.82) is 0 Å². The number of carbonyl (C=O) groups excluding carboxylic acids is 1. The third-order valence-electron chi connectivity index (χ3n) is 5.68. The van der Waals surface area contributed by atoms with Crippen LogP contribution in [0.4, 0.5) is 18.0 Å². The van der Waals surface area contributed by atoms with E-state index in [0.29, 0.717) is 0 Å². The van der Waals surface area contributed by atoms with Crippen molar-refractivity contribution in [3.05, 3.63) is 33.9 Å². The number of aliphatic hydroxyl groups is 1. The molecule has 2 aliphatic carbocycles. The Labute approximate surface area is 203 Å². The Morgan fingerprint density at radius 2 is 1.85 bits per heavy atom. The summed E-state index contributed by atoms with van der Waals surface area (Å²) in [6.07, 6.45) is -2.74. The first-order valence-electron chi connectivity index (χ1n) is 10.7. The zero-order valence-corrected chi connectivity index (χ0v) is 19.6. The van der Waals surface area contributed by atoms with Crippen LogP contribution in [0.5, 0.6) is 11.8 Å². The van der Waals surface area contributed by atoms with Crippen LogP contribution in [0.3, 0.4) is 0 Å². The van der Waals surface area contributed by atoms with Crippen LogP contribution in [0.2, 0.25) is 10.0 Å². The van der Waals surface area contributed by atoms with Gasteiger partial charge in [0.1, 0.15) is 5.69 Å². The number of hydrogen-bond acceptors (Lipinski definition) is 6. The standard InChI is InChI=1S/C22H22Cl2F3N3O4/c1-21(32,13-5-6-13)10-28-20(31)34-19-17(22(25,26)27)30-18(33-9-11-2-3-11)16(29-19)12-4-7-14(23)15(24)8-12/h4,7-8,11,13,32H,2-3,5-6,9-10H2,1H3,(H,28,31). The molecule has 0 aliphatic heterocycles. The SMILES string of the molecule is CC(O)(CNC(=O)Oc1nc(-c2ccc(Cl)c(Cl)c2)c(OCC2CC2)nc1C(F)(F)F)C1CC1. The molecule has 4 rings (SSSR count). The molecule has 1 amide bonds. The summed E-state index contributed by atoms with van der Waals surface area (Å²) >= 11 is 12.0. The number of aromatic nitrogens is 2. The maximum Gasteiger partial charge on any atom is 0.438 e. The van der Waals surface area contributed by atoms with Crippen molar-refractivity contribution in [2.45, 2.75) is 44.4 Å². The number of halogens is 5. The summed E-state index contributed by atoms with van der Waals surface area (Å²) in [4.78, 5) is 19.9. The van der Waals surface area contributed by atoms with Crippen LogP contribution >= 0.6 is 23.2 Å². The molecule has 0 radical (unpaired) electrons. The van der Waals surface area contributed by atoms with E-state index in [4.69, 9.17) is 32.7 Å². The van der Waals surface area contributed by atoms with E-state index < -0.39 is 29.4 Å². The maximum atomic E-state index is 13.8. The zero-order valence-electron chi connectivity index (χ0n) is 18.1. The van der Waals surface area contributed by atoms with Gasteiger partial charge in [-0.15, -0.1) is 0 Å². The van der Waals surface area contributed by atoms with E-state index in [2.05, 4.69) is 15.3 Å². The molecule has 2 fully saturated rings. The monoisotopic (exact) mass is 519 g/mol. The molecule has 0 spiro atoms. The van der Waals surface area contributed by atoms with E-state index in [1.807, 2.05) is 0 Å². The molecule has 1 atom stereocenters. The van der Waals surface area contributed by atoms with Gasteiger partial charge in [0.05, 0.1) is 22.3 Å². The zero-order chi connectivity index (χ0) is 24.7. The van der Waals surface area contributed by atoms with Crippen molar-refractivity contribution in [3.63, 3.8) is 0 Å². The quantitative estimate of drug-likeness (QED) is 0.477. The van der Waals surface area contributed by atoms with Crippen LogP contribution in [-0.2, 0) is 6.18 Å². The van der Waals surface area contributed by atoms with Crippen molar-refractivity contribution in [2.24, 2.45) is 11.8 Å². The number of rotatable bonds is 8. The average molecular weight is 520 g/mol. The van der Waals surface area contributed by atoms with Gasteiger partial charge in [-0.1, -0.05) is 29.3 Å². The second kappa shape index (κ2) is 9.39.